The van der Waals surface area contributed by atoms with Gasteiger partial charge in [0, 0.05) is 59.0 Å². The highest BCUT2D eigenvalue weighted by Gasteiger charge is 2.38. The van der Waals surface area contributed by atoms with E-state index in [0.717, 1.165) is 18.4 Å². The van der Waals surface area contributed by atoms with E-state index in [2.05, 4.69) is 37.8 Å². The number of hydrogen-bond acceptors (Lipinski definition) is 9. The molecule has 5 aromatic rings. The van der Waals surface area contributed by atoms with Gasteiger partial charge in [-0.3, -0.25) is 19.2 Å². The number of aromatic carboxylic acids is 1. The first-order valence-corrected chi connectivity index (χ1v) is 17.4. The summed E-state index contributed by atoms with van der Waals surface area (Å²) in [4.78, 5) is 43.3. The first kappa shape index (κ1) is 33.5. The van der Waals surface area contributed by atoms with Gasteiger partial charge < -0.3 is 10.0 Å². The van der Waals surface area contributed by atoms with Gasteiger partial charge in [0.25, 0.3) is 12.0 Å². The number of nitriles is 1. The third-order valence-electron chi connectivity index (χ3n) is 9.52. The molecule has 1 aromatic carbocycles. The second kappa shape index (κ2) is 13.8. The highest BCUT2D eigenvalue weighted by atomic mass is 35.5. The number of thiophene rings is 1. The molecule has 0 amide bonds. The predicted octanol–water partition coefficient (Wildman–Crippen LogP) is 6.21. The van der Waals surface area contributed by atoms with Crippen LogP contribution in [0.15, 0.2) is 46.8 Å². The Morgan fingerprint density at radius 1 is 1.20 bits per heavy atom. The van der Waals surface area contributed by atoms with Gasteiger partial charge in [-0.05, 0) is 56.4 Å². The third-order valence-corrected chi connectivity index (χ3v) is 10.8. The molecular formula is C36H30ClF2N7O3S. The van der Waals surface area contributed by atoms with Gasteiger partial charge in [0.15, 0.2) is 0 Å². The molecule has 2 fully saturated rings. The number of carboxylic acid groups (broad SMARTS) is 1. The van der Waals surface area contributed by atoms with Crippen molar-refractivity contribution < 1.29 is 18.7 Å². The lowest BCUT2D eigenvalue weighted by molar-refractivity contribution is 0.0521. The van der Waals surface area contributed by atoms with E-state index < -0.39 is 18.0 Å². The molecule has 2 aliphatic rings. The minimum absolute atomic E-state index is 0.0134. The molecule has 0 saturated carbocycles. The number of aromatic nitrogens is 4. The number of hydrogen-bond donors (Lipinski definition) is 1. The van der Waals surface area contributed by atoms with Gasteiger partial charge >= 0.3 is 5.97 Å². The molecule has 50 heavy (non-hydrogen) atoms. The minimum Gasteiger partial charge on any atom is -0.478 e. The molecule has 4 aromatic heterocycles. The molecule has 0 unspecified atom stereocenters. The summed E-state index contributed by atoms with van der Waals surface area (Å²) in [5.74, 6) is 6.17. The molecule has 6 heterocycles. The van der Waals surface area contributed by atoms with Crippen molar-refractivity contribution in [2.75, 3.05) is 31.1 Å². The van der Waals surface area contributed by atoms with E-state index in [9.17, 15) is 28.7 Å². The van der Waals surface area contributed by atoms with Crippen molar-refractivity contribution in [2.45, 2.75) is 45.2 Å². The minimum atomic E-state index is -2.39. The van der Waals surface area contributed by atoms with Crippen LogP contribution in [0.3, 0.4) is 0 Å². The zero-order chi connectivity index (χ0) is 35.1. The number of likely N-dealkylation sites (tertiary alicyclic amines) is 1. The first-order chi connectivity index (χ1) is 24.1. The number of nitrogens with zero attached hydrogens (tertiary/aromatic N) is 7. The Bertz CT molecular complexity index is 2330. The van der Waals surface area contributed by atoms with Crippen molar-refractivity contribution in [3.8, 4) is 29.0 Å². The molecule has 2 atom stereocenters. The fraction of sp³-hybridized carbons (Fsp3) is 0.333. The molecule has 10 nitrogen and oxygen atoms in total. The van der Waals surface area contributed by atoms with E-state index in [1.54, 1.807) is 42.8 Å². The SMILES string of the molecule is Cc1nc2cnc(N3CCC[C@@H]4CN(CC(F)F)CC[C@@H]43)c(C#N)c2c(=O)n1CC#Cc1ccc(Cl)cc1-c1ccnc2c(C(=O)O)csc12. The summed E-state index contributed by atoms with van der Waals surface area (Å²) in [6.07, 6.45) is 3.09. The maximum Gasteiger partial charge on any atom is 0.338 e. The van der Waals surface area contributed by atoms with Crippen molar-refractivity contribution in [3.05, 3.63) is 79.9 Å². The standard InChI is InChI=1S/C36H30ClF2N7O3S/c1-20-43-28-16-42-34(46-12-3-5-22-17-44(18-30(38)39)13-9-29(22)46)26(15-40)31(28)35(47)45(20)11-2-4-21-6-7-23(37)14-25(21)24-8-10-41-32-27(36(48)49)19-50-33(24)32/h6-8,10,14,16,19,22,29-30H,3,5,9,11-13,17-18H2,1H3,(H,48,49)/t22-,29+/m1/s1. The number of halogens is 3. The van der Waals surface area contributed by atoms with Gasteiger partial charge in [-0.1, -0.05) is 23.4 Å². The summed E-state index contributed by atoms with van der Waals surface area (Å²) < 4.78 is 28.3. The van der Waals surface area contributed by atoms with Crippen LogP contribution in [-0.2, 0) is 6.54 Å². The lowest BCUT2D eigenvalue weighted by Crippen LogP contribution is -2.55. The smallest absolute Gasteiger partial charge is 0.338 e. The van der Waals surface area contributed by atoms with Gasteiger partial charge in [0.1, 0.15) is 23.3 Å². The lowest BCUT2D eigenvalue weighted by Gasteiger charge is -2.48. The van der Waals surface area contributed by atoms with Crippen LogP contribution in [0.2, 0.25) is 5.02 Å². The molecule has 14 heteroatoms. The van der Waals surface area contributed by atoms with Crippen LogP contribution in [0.5, 0.6) is 0 Å². The van der Waals surface area contributed by atoms with Gasteiger partial charge in [-0.25, -0.2) is 23.5 Å². The van der Waals surface area contributed by atoms with Crippen LogP contribution in [0.4, 0.5) is 14.6 Å². The van der Waals surface area contributed by atoms with Crippen molar-refractivity contribution in [3.63, 3.8) is 0 Å². The Morgan fingerprint density at radius 3 is 2.82 bits per heavy atom. The quantitative estimate of drug-likeness (QED) is 0.204. The van der Waals surface area contributed by atoms with Crippen LogP contribution in [-0.4, -0.2) is 74.1 Å². The average Bonchev–Trinajstić information content (AvgIpc) is 3.54. The van der Waals surface area contributed by atoms with Crippen LogP contribution in [0.1, 0.15) is 46.6 Å². The second-order valence-corrected chi connectivity index (χ2v) is 13.8. The monoisotopic (exact) mass is 713 g/mol. The zero-order valence-corrected chi connectivity index (χ0v) is 28.4. The van der Waals surface area contributed by atoms with Gasteiger partial charge in [0.05, 0.1) is 46.0 Å². The number of carboxylic acids is 1. The lowest BCUT2D eigenvalue weighted by atomic mass is 9.83. The largest absolute Gasteiger partial charge is 0.478 e. The summed E-state index contributed by atoms with van der Waals surface area (Å²) in [7, 11) is 0. The molecular weight excluding hydrogens is 684 g/mol. The molecule has 2 saturated heterocycles. The van der Waals surface area contributed by atoms with Gasteiger partial charge in [-0.2, -0.15) is 5.26 Å². The number of alkyl halides is 2. The maximum atomic E-state index is 14.1. The van der Waals surface area contributed by atoms with E-state index in [0.29, 0.717) is 69.6 Å². The number of piperidine rings is 2. The molecule has 0 radical (unpaired) electrons. The molecule has 0 spiro atoms. The number of benzene rings is 1. The Labute approximate surface area is 294 Å². The number of fused-ring (bicyclic) bond motifs is 3. The van der Waals surface area contributed by atoms with Gasteiger partial charge in [-0.15, -0.1) is 11.3 Å². The van der Waals surface area contributed by atoms with Crippen LogP contribution in [0.25, 0.3) is 32.2 Å². The Balaban J connectivity index is 1.23. The van der Waals surface area contributed by atoms with E-state index >= 15 is 0 Å². The summed E-state index contributed by atoms with van der Waals surface area (Å²) in [5, 5.41) is 22.2. The predicted molar refractivity (Wildman–Crippen MR) is 188 cm³/mol. The number of rotatable bonds is 6. The van der Waals surface area contributed by atoms with Crippen LogP contribution >= 0.6 is 22.9 Å². The van der Waals surface area contributed by atoms with Crippen molar-refractivity contribution in [1.29, 1.82) is 5.26 Å². The molecule has 7 rings (SSSR count). The van der Waals surface area contributed by atoms with Crippen LogP contribution < -0.4 is 10.5 Å². The Morgan fingerprint density at radius 2 is 2.04 bits per heavy atom. The number of carbonyl (C=O) groups is 1. The molecule has 2 aliphatic heterocycles. The number of anilines is 1. The van der Waals surface area contributed by atoms with Crippen molar-refractivity contribution >= 4 is 55.8 Å². The molecule has 1 N–H and O–H groups in total. The fourth-order valence-electron chi connectivity index (χ4n) is 7.28. The molecule has 254 valence electrons. The van der Waals surface area contributed by atoms with E-state index in [1.807, 2.05) is 4.90 Å². The van der Waals surface area contributed by atoms with Gasteiger partial charge in [0.2, 0.25) is 0 Å². The van der Waals surface area contributed by atoms with Crippen LogP contribution in [0, 0.1) is 36.0 Å². The normalized spacial score (nSPS) is 17.8. The summed E-state index contributed by atoms with van der Waals surface area (Å²) in [6.45, 7) is 3.18. The average molecular weight is 714 g/mol. The highest BCUT2D eigenvalue weighted by Crippen LogP contribution is 2.37. The molecule has 0 bridgehead atoms. The number of pyridine rings is 2. The highest BCUT2D eigenvalue weighted by molar-refractivity contribution is 7.18. The zero-order valence-electron chi connectivity index (χ0n) is 26.9. The Kier molecular flexibility index (Phi) is 9.23. The van der Waals surface area contributed by atoms with E-state index in [-0.39, 0.29) is 41.6 Å². The molecule has 0 aliphatic carbocycles. The van der Waals surface area contributed by atoms with E-state index in [4.69, 9.17) is 11.6 Å². The topological polar surface area (TPSA) is 128 Å². The summed E-state index contributed by atoms with van der Waals surface area (Å²) in [6, 6.07) is 9.29. The van der Waals surface area contributed by atoms with Crippen molar-refractivity contribution in [2.24, 2.45) is 5.92 Å². The maximum absolute atomic E-state index is 14.1. The fourth-order valence-corrected chi connectivity index (χ4v) is 8.48. The summed E-state index contributed by atoms with van der Waals surface area (Å²) >= 11 is 7.66. The van der Waals surface area contributed by atoms with Crippen molar-refractivity contribution in [1.82, 2.24) is 24.4 Å². The van der Waals surface area contributed by atoms with E-state index in [1.165, 1.54) is 22.1 Å². The third kappa shape index (κ3) is 6.17. The summed E-state index contributed by atoms with van der Waals surface area (Å²) in [5.41, 5.74) is 2.60. The first-order valence-electron chi connectivity index (χ1n) is 16.1. The Hall–Kier alpha value is -4.95. The number of aryl methyl sites for hydroxylation is 1. The second-order valence-electron chi connectivity index (χ2n) is 12.5.